The second kappa shape index (κ2) is 5.81. The predicted octanol–water partition coefficient (Wildman–Crippen LogP) is 1.55. The molecule has 1 heterocycles. The van der Waals surface area contributed by atoms with Gasteiger partial charge in [0, 0.05) is 0 Å². The monoisotopic (exact) mass is 340 g/mol. The average Bonchev–Trinajstić information content (AvgIpc) is 2.36. The number of rotatable bonds is 4. The molecule has 1 aliphatic rings. The van der Waals surface area contributed by atoms with Gasteiger partial charge in [-0.1, -0.05) is 22.8 Å². The molecule has 1 aliphatic heterocycles. The summed E-state index contributed by atoms with van der Waals surface area (Å²) in [7, 11) is -7.89. The van der Waals surface area contributed by atoms with Crippen molar-refractivity contribution in [3.8, 4) is 0 Å². The largest absolute Gasteiger partial charge is 0.330 e. The zero-order chi connectivity index (χ0) is 15.7. The zero-order valence-corrected chi connectivity index (χ0v) is 17.1. The predicted molar refractivity (Wildman–Crippen MR) is 99.8 cm³/mol. The van der Waals surface area contributed by atoms with Crippen LogP contribution >= 0.6 is 0 Å². The van der Waals surface area contributed by atoms with Crippen molar-refractivity contribution in [2.75, 3.05) is 0 Å². The van der Waals surface area contributed by atoms with Gasteiger partial charge in [0.15, 0.2) is 0 Å². The zero-order valence-electron chi connectivity index (χ0n) is 13.1. The molecule has 0 saturated carbocycles. The Hall–Kier alpha value is -0.332. The number of hydrogen-bond donors (Lipinski definition) is 4. The highest BCUT2D eigenvalue weighted by Crippen LogP contribution is 2.14. The van der Waals surface area contributed by atoms with Gasteiger partial charge in [-0.25, -0.2) is 0 Å². The van der Waals surface area contributed by atoms with Gasteiger partial charge in [-0.05, 0) is 26.2 Å². The summed E-state index contributed by atoms with van der Waals surface area (Å²) < 4.78 is 15.4. The second-order valence-corrected chi connectivity index (χ2v) is 21.4. The van der Waals surface area contributed by atoms with Gasteiger partial charge >= 0.3 is 0 Å². The van der Waals surface area contributed by atoms with Crippen molar-refractivity contribution in [2.24, 2.45) is 0 Å². The number of nitrogens with one attached hydrogen (secondary N) is 4. The third kappa shape index (κ3) is 3.86. The molecule has 0 aliphatic carbocycles. The molecule has 20 heavy (non-hydrogen) atoms. The molecule has 8 heteroatoms. The molecule has 0 amide bonds. The summed E-state index contributed by atoms with van der Waals surface area (Å²) in [5.74, 6) is 0. The summed E-state index contributed by atoms with van der Waals surface area (Å²) in [6.07, 6.45) is 0. The van der Waals surface area contributed by atoms with Crippen molar-refractivity contribution in [1.82, 2.24) is 18.6 Å². The van der Waals surface area contributed by atoms with E-state index in [0.29, 0.717) is 0 Å². The van der Waals surface area contributed by atoms with Crippen molar-refractivity contribution in [1.29, 1.82) is 0 Å². The molecular weight excluding hydrogens is 313 g/mol. The molecule has 4 N–H and O–H groups in total. The van der Waals surface area contributed by atoms with Crippen LogP contribution in [0.4, 0.5) is 0 Å². The van der Waals surface area contributed by atoms with E-state index in [2.05, 4.69) is 93.9 Å². The normalized spacial score (nSPS) is 45.8. The Labute approximate surface area is 127 Å². The van der Waals surface area contributed by atoms with E-state index in [1.54, 1.807) is 0 Å². The van der Waals surface area contributed by atoms with Gasteiger partial charge in [0.2, 0.25) is 33.6 Å². The minimum atomic E-state index is -1.97. The Morgan fingerprint density at radius 1 is 0.500 bits per heavy atom. The maximum atomic E-state index is 4.03. The van der Waals surface area contributed by atoms with E-state index >= 15 is 0 Å². The summed E-state index contributed by atoms with van der Waals surface area (Å²) in [5.41, 5.74) is 8.21. The van der Waals surface area contributed by atoms with Gasteiger partial charge < -0.3 is 18.6 Å². The molecule has 0 aromatic heterocycles. The van der Waals surface area contributed by atoms with E-state index < -0.39 is 33.6 Å². The first-order chi connectivity index (χ1) is 9.07. The van der Waals surface area contributed by atoms with Crippen molar-refractivity contribution >= 4 is 33.6 Å². The van der Waals surface area contributed by atoms with Gasteiger partial charge in [-0.2, -0.15) is 0 Å². The molecule has 1 saturated heterocycles. The van der Waals surface area contributed by atoms with Gasteiger partial charge in [0.25, 0.3) is 0 Å². The Bertz CT molecular complexity index is 349. The molecule has 0 radical (unpaired) electrons. The summed E-state index contributed by atoms with van der Waals surface area (Å²) in [4.78, 5) is 0. The highest BCUT2D eigenvalue weighted by molar-refractivity contribution is 7.10. The summed E-state index contributed by atoms with van der Waals surface area (Å²) in [5, 5.41) is 0. The van der Waals surface area contributed by atoms with Gasteiger partial charge in [0.1, 0.15) is 0 Å². The van der Waals surface area contributed by atoms with Crippen LogP contribution in [0.2, 0.25) is 26.2 Å². The highest BCUT2D eigenvalue weighted by atomic mass is 28.5. The first-order valence-corrected chi connectivity index (χ1v) is 17.1. The number of hydrogen-bond acceptors (Lipinski definition) is 4. The van der Waals surface area contributed by atoms with E-state index in [-0.39, 0.29) is 0 Å². The lowest BCUT2D eigenvalue weighted by atomic mass is 11.3. The fourth-order valence-electron chi connectivity index (χ4n) is 2.69. The lowest BCUT2D eigenvalue weighted by Crippen LogP contribution is -2.89. The molecule has 0 aromatic carbocycles. The minimum Gasteiger partial charge on any atom is -0.330 e. The van der Waals surface area contributed by atoms with Crippen LogP contribution in [0.15, 0.2) is 49.1 Å². The third-order valence-corrected chi connectivity index (χ3v) is 23.6. The SMILES string of the molecule is C=C[Si]1(C)N[Si](C)(C=C)N[Si](C)(C=C)N[Si](C)(C=C)N1. The fourth-order valence-corrected chi connectivity index (χ4v) is 26.5. The maximum Gasteiger partial charge on any atom is 0.212 e. The van der Waals surface area contributed by atoms with Crippen LogP contribution in [-0.4, -0.2) is 33.6 Å². The van der Waals surface area contributed by atoms with Crippen LogP contribution in [0.25, 0.3) is 0 Å². The van der Waals surface area contributed by atoms with Crippen LogP contribution in [0.3, 0.4) is 0 Å². The summed E-state index contributed by atoms with van der Waals surface area (Å²) >= 11 is 0. The molecule has 0 unspecified atom stereocenters. The lowest BCUT2D eigenvalue weighted by molar-refractivity contribution is 1.07. The molecule has 112 valence electrons. The van der Waals surface area contributed by atoms with Crippen molar-refractivity contribution < 1.29 is 0 Å². The van der Waals surface area contributed by atoms with Crippen molar-refractivity contribution in [2.45, 2.75) is 26.2 Å². The molecular formula is C12H28N4Si4. The third-order valence-electron chi connectivity index (χ3n) is 3.71. The topological polar surface area (TPSA) is 48.1 Å². The van der Waals surface area contributed by atoms with E-state index in [1.165, 1.54) is 0 Å². The molecule has 1 fully saturated rings. The maximum absolute atomic E-state index is 4.03. The quantitative estimate of drug-likeness (QED) is 0.587. The molecule has 0 atom stereocenters. The Morgan fingerprint density at radius 2 is 0.650 bits per heavy atom. The Balaban J connectivity index is 3.31. The fraction of sp³-hybridized carbons (Fsp3) is 0.333. The van der Waals surface area contributed by atoms with Crippen LogP contribution in [-0.2, 0) is 0 Å². The standard InChI is InChI=1S/C12H28N4Si4/c1-9-17(5)13-18(6,10-2)15-20(8,12-4)16-19(7,11-3)14-17/h9-16H,1-4H2,5-8H3. The molecule has 0 bridgehead atoms. The van der Waals surface area contributed by atoms with E-state index in [1.807, 2.05) is 0 Å². The van der Waals surface area contributed by atoms with Gasteiger partial charge in [-0.15, -0.1) is 26.3 Å². The summed E-state index contributed by atoms with van der Waals surface area (Å²) in [6, 6.07) is 0. The smallest absolute Gasteiger partial charge is 0.212 e. The molecule has 4 nitrogen and oxygen atoms in total. The molecule has 0 aromatic rings. The highest BCUT2D eigenvalue weighted by Gasteiger charge is 2.48. The van der Waals surface area contributed by atoms with E-state index in [4.69, 9.17) is 0 Å². The van der Waals surface area contributed by atoms with Crippen LogP contribution in [0, 0.1) is 0 Å². The molecule has 0 spiro atoms. The first-order valence-electron chi connectivity index (χ1n) is 6.79. The minimum absolute atomic E-state index is 1.97. The van der Waals surface area contributed by atoms with Crippen LogP contribution in [0.5, 0.6) is 0 Å². The Morgan fingerprint density at radius 3 is 0.750 bits per heavy atom. The average molecular weight is 341 g/mol. The van der Waals surface area contributed by atoms with E-state index in [0.717, 1.165) is 0 Å². The van der Waals surface area contributed by atoms with E-state index in [9.17, 15) is 0 Å². The summed E-state index contributed by atoms with van der Waals surface area (Å²) in [6.45, 7) is 25.1. The first kappa shape index (κ1) is 17.7. The van der Waals surface area contributed by atoms with Crippen molar-refractivity contribution in [3.05, 3.63) is 49.1 Å². The molecule has 1 rings (SSSR count). The van der Waals surface area contributed by atoms with Gasteiger partial charge in [0.05, 0.1) is 0 Å². The lowest BCUT2D eigenvalue weighted by Gasteiger charge is -2.49. The Kier molecular flexibility index (Phi) is 5.15. The second-order valence-electron chi connectivity index (χ2n) is 6.13. The van der Waals surface area contributed by atoms with Crippen molar-refractivity contribution in [3.63, 3.8) is 0 Å². The van der Waals surface area contributed by atoms with Gasteiger partial charge in [-0.3, -0.25) is 0 Å². The van der Waals surface area contributed by atoms with Crippen LogP contribution < -0.4 is 18.6 Å². The van der Waals surface area contributed by atoms with Crippen LogP contribution in [0.1, 0.15) is 0 Å².